The predicted octanol–water partition coefficient (Wildman–Crippen LogP) is 7.17. The molecule has 0 aromatic rings. The average Bonchev–Trinajstić information content (AvgIpc) is 3.02. The van der Waals surface area contributed by atoms with E-state index in [1.54, 1.807) is 0 Å². The molecule has 1 rings (SSSR count). The van der Waals surface area contributed by atoms with Gasteiger partial charge < -0.3 is 0 Å². The van der Waals surface area contributed by atoms with Crippen molar-refractivity contribution >= 4 is 13.7 Å². The molecule has 0 fully saturated rings. The van der Waals surface area contributed by atoms with Crippen LogP contribution in [0.5, 0.6) is 0 Å². The van der Waals surface area contributed by atoms with Crippen molar-refractivity contribution in [1.82, 2.24) is 8.53 Å². The van der Waals surface area contributed by atoms with Gasteiger partial charge in [-0.25, -0.2) is 0 Å². The molecule has 6 heteroatoms. The third-order valence-electron chi connectivity index (χ3n) is 6.40. The molecule has 0 saturated heterocycles. The second-order valence-corrected chi connectivity index (χ2v) is 27.1. The molecule has 0 radical (unpaired) electrons. The average molecular weight is 578 g/mol. The number of allylic oxidation sites excluding steroid dienone is 4. The second-order valence-electron chi connectivity index (χ2n) is 11.4. The van der Waals surface area contributed by atoms with E-state index < -0.39 is 34.9 Å². The fourth-order valence-corrected chi connectivity index (χ4v) is 31.8. The van der Waals surface area contributed by atoms with Crippen molar-refractivity contribution in [1.29, 1.82) is 0 Å². The Labute approximate surface area is 203 Å². The Balaban J connectivity index is 4.31. The predicted molar refractivity (Wildman–Crippen MR) is 136 cm³/mol. The van der Waals surface area contributed by atoms with E-state index in [-0.39, 0.29) is 0 Å². The summed E-state index contributed by atoms with van der Waals surface area (Å²) >= 11 is -7.35. The van der Waals surface area contributed by atoms with Crippen LogP contribution in [0.2, 0.25) is 11.5 Å². The van der Waals surface area contributed by atoms with Crippen LogP contribution >= 0.6 is 0 Å². The van der Waals surface area contributed by atoms with Crippen LogP contribution in [0.1, 0.15) is 89.5 Å². The van der Waals surface area contributed by atoms with Gasteiger partial charge in [0.1, 0.15) is 0 Å². The van der Waals surface area contributed by atoms with Gasteiger partial charge in [0.05, 0.1) is 0 Å². The van der Waals surface area contributed by atoms with Crippen LogP contribution < -0.4 is 0 Å². The van der Waals surface area contributed by atoms with Gasteiger partial charge in [0.15, 0.2) is 0 Å². The molecule has 0 heterocycles. The number of rotatable bonds is 11. The third kappa shape index (κ3) is 6.05. The van der Waals surface area contributed by atoms with E-state index in [1.807, 2.05) is 11.5 Å². The molecule has 0 bridgehead atoms. The zero-order valence-corrected chi connectivity index (χ0v) is 27.6. The monoisotopic (exact) mass is 577 g/mol. The van der Waals surface area contributed by atoms with E-state index in [2.05, 4.69) is 104 Å². The van der Waals surface area contributed by atoms with Crippen LogP contribution in [0.15, 0.2) is 19.8 Å². The van der Waals surface area contributed by atoms with Crippen molar-refractivity contribution in [3.05, 3.63) is 19.8 Å². The first kappa shape index (κ1) is 29.7. The van der Waals surface area contributed by atoms with Gasteiger partial charge in [-0.3, -0.25) is 0 Å². The third-order valence-corrected chi connectivity index (χ3v) is 27.4. The van der Waals surface area contributed by atoms with Gasteiger partial charge in [-0.15, -0.1) is 0 Å². The number of hydrogen-bond acceptors (Lipinski definition) is 3. The van der Waals surface area contributed by atoms with Gasteiger partial charge in [0.2, 0.25) is 0 Å². The molecular formula is C25H52FGeN3Zr. The fourth-order valence-electron chi connectivity index (χ4n) is 6.20. The second kappa shape index (κ2) is 11.4. The Bertz CT molecular complexity index is 573. The number of halogens is 1. The minimum atomic E-state index is -3.80. The van der Waals surface area contributed by atoms with Crippen LogP contribution in [0, 0.1) is 0 Å². The molecule has 0 aromatic carbocycles. The van der Waals surface area contributed by atoms with Gasteiger partial charge in [-0.2, -0.15) is 0 Å². The Morgan fingerprint density at radius 1 is 0.677 bits per heavy atom. The first-order chi connectivity index (χ1) is 14.0. The number of nitrogens with zero attached hydrogens (tertiary/aromatic N) is 3. The summed E-state index contributed by atoms with van der Waals surface area (Å²) in [6, 6.07) is 2.42. The molecule has 0 aliphatic heterocycles. The topological polar surface area (TPSA) is 9.72 Å². The maximum absolute atomic E-state index is 15.9. The van der Waals surface area contributed by atoms with Crippen LogP contribution in [0.25, 0.3) is 0 Å². The summed E-state index contributed by atoms with van der Waals surface area (Å²) in [5.74, 6) is 3.86. The number of hydrogen-bond donors (Lipinski definition) is 0. The van der Waals surface area contributed by atoms with Crippen LogP contribution in [-0.4, -0.2) is 58.5 Å². The first-order valence-electron chi connectivity index (χ1n) is 12.5. The van der Waals surface area contributed by atoms with Crippen molar-refractivity contribution in [2.24, 2.45) is 0 Å². The molecule has 0 atom stereocenters. The zero-order chi connectivity index (χ0) is 24.5. The summed E-state index contributed by atoms with van der Waals surface area (Å²) in [7, 11) is 0. The summed E-state index contributed by atoms with van der Waals surface area (Å²) in [4.78, 5) is 0. The molecular weight excluding hydrogens is 525 g/mol. The molecule has 1 aliphatic carbocycles. The summed E-state index contributed by atoms with van der Waals surface area (Å²) < 4.78 is 27.2. The molecule has 0 saturated carbocycles. The normalized spacial score (nSPS) is 16.5. The van der Waals surface area contributed by atoms with Crippen LogP contribution in [0.3, 0.4) is 0 Å². The van der Waals surface area contributed by atoms with E-state index in [4.69, 9.17) is 0 Å². The van der Waals surface area contributed by atoms with Crippen molar-refractivity contribution in [3.8, 4) is 0 Å². The fraction of sp³-hybridized carbons (Fsp3) is 0.840. The van der Waals surface area contributed by atoms with Crippen LogP contribution in [-0.2, 0) is 21.1 Å². The van der Waals surface area contributed by atoms with Crippen LogP contribution in [0.4, 0.5) is 3.50 Å². The van der Waals surface area contributed by atoms with E-state index >= 15 is 3.50 Å². The molecule has 31 heavy (non-hydrogen) atoms. The first-order valence-corrected chi connectivity index (χ1v) is 23.0. The van der Waals surface area contributed by atoms with E-state index in [1.165, 1.54) is 3.28 Å². The molecule has 0 amide bonds. The molecule has 182 valence electrons. The Morgan fingerprint density at radius 2 is 0.968 bits per heavy atom. The maximum atomic E-state index is 15.9. The summed E-state index contributed by atoms with van der Waals surface area (Å²) in [6.07, 6.45) is 5.36. The van der Waals surface area contributed by atoms with E-state index in [0.717, 1.165) is 10.8 Å². The quantitative estimate of drug-likeness (QED) is 0.241. The molecule has 0 N–H and O–H groups in total. The van der Waals surface area contributed by atoms with Gasteiger partial charge in [-0.05, 0) is 0 Å². The SMILES string of the molecule is CC(C)[N](C(C)C)[Zr]([C]1=[C]([Ge]([CH3])([CH3])[F])C=CC1)([N](C(C)C)C(C)C)[N](C(C)C)C(C)C. The van der Waals surface area contributed by atoms with Crippen molar-refractivity contribution in [3.63, 3.8) is 0 Å². The summed E-state index contributed by atoms with van der Waals surface area (Å²) in [5.41, 5.74) is 0. The Kier molecular flexibility index (Phi) is 11.0. The molecule has 0 unspecified atom stereocenters. The summed E-state index contributed by atoms with van der Waals surface area (Å²) in [5, 5.41) is 0. The van der Waals surface area contributed by atoms with E-state index in [9.17, 15) is 0 Å². The molecule has 0 spiro atoms. The van der Waals surface area contributed by atoms with Crippen molar-refractivity contribution in [2.45, 2.75) is 137 Å². The van der Waals surface area contributed by atoms with Gasteiger partial charge >= 0.3 is 204 Å². The molecule has 3 nitrogen and oxygen atoms in total. The van der Waals surface area contributed by atoms with E-state index in [0.29, 0.717) is 36.3 Å². The Hall–Kier alpha value is 0.716. The van der Waals surface area contributed by atoms with Crippen molar-refractivity contribution < 1.29 is 24.6 Å². The molecule has 0 aromatic heterocycles. The van der Waals surface area contributed by atoms with Gasteiger partial charge in [0.25, 0.3) is 0 Å². The summed E-state index contributed by atoms with van der Waals surface area (Å²) in [6.45, 7) is 28.3. The minimum absolute atomic E-state index is 0.403. The van der Waals surface area contributed by atoms with Crippen molar-refractivity contribution in [2.75, 3.05) is 0 Å². The zero-order valence-electron chi connectivity index (χ0n) is 23.0. The Morgan fingerprint density at radius 3 is 1.19 bits per heavy atom. The molecule has 1 aliphatic rings. The van der Waals surface area contributed by atoms with Gasteiger partial charge in [-0.1, -0.05) is 0 Å². The standard InChI is InChI=1S/C7H10FGe.3C6H14N.Zr/c1-9(2,8)7-5-3-4-6-7;3*1-5(2)7-6(3)4;/h3,5H,4H2,1-2H3;3*5-6H,1-4H3;/q;3*-1;+3. The van der Waals surface area contributed by atoms with Gasteiger partial charge in [0, 0.05) is 0 Å².